The number of methoxy groups -OCH3 is 1. The molecule has 4 heteroatoms. The van der Waals surface area contributed by atoms with Crippen LogP contribution in [0.25, 0.3) is 0 Å². The summed E-state index contributed by atoms with van der Waals surface area (Å²) in [4.78, 5) is 12.0. The van der Waals surface area contributed by atoms with E-state index in [1.54, 1.807) is 7.11 Å². The SMILES string of the molecule is COc1cc(CCC(=O)N[C@@H]2C[C@@H]3OCC[C@@H]32)ccc1C. The van der Waals surface area contributed by atoms with Gasteiger partial charge in [-0.05, 0) is 43.4 Å². The highest BCUT2D eigenvalue weighted by molar-refractivity contribution is 5.76. The van der Waals surface area contributed by atoms with Crippen molar-refractivity contribution in [2.45, 2.75) is 44.8 Å². The molecular formula is C17H23NO3. The van der Waals surface area contributed by atoms with Gasteiger partial charge in [-0.2, -0.15) is 0 Å². The van der Waals surface area contributed by atoms with Crippen LogP contribution in [0.1, 0.15) is 30.4 Å². The first kappa shape index (κ1) is 14.4. The second kappa shape index (κ2) is 6.06. The van der Waals surface area contributed by atoms with Crippen LogP contribution in [0.5, 0.6) is 5.75 Å². The van der Waals surface area contributed by atoms with Gasteiger partial charge in [0.1, 0.15) is 5.75 Å². The number of hydrogen-bond acceptors (Lipinski definition) is 3. The van der Waals surface area contributed by atoms with Crippen molar-refractivity contribution in [2.24, 2.45) is 5.92 Å². The fraction of sp³-hybridized carbons (Fsp3) is 0.588. The fourth-order valence-electron chi connectivity index (χ4n) is 3.32. The molecule has 3 rings (SSSR count). The Bertz CT molecular complexity index is 529. The van der Waals surface area contributed by atoms with Crippen molar-refractivity contribution < 1.29 is 14.3 Å². The molecule has 0 spiro atoms. The van der Waals surface area contributed by atoms with E-state index in [1.807, 2.05) is 19.1 Å². The minimum Gasteiger partial charge on any atom is -0.496 e. The summed E-state index contributed by atoms with van der Waals surface area (Å²) in [5.74, 6) is 1.58. The Morgan fingerprint density at radius 3 is 3.10 bits per heavy atom. The van der Waals surface area contributed by atoms with Crippen LogP contribution in [-0.2, 0) is 16.0 Å². The summed E-state index contributed by atoms with van der Waals surface area (Å²) in [5, 5.41) is 3.15. The first-order valence-corrected chi connectivity index (χ1v) is 7.72. The van der Waals surface area contributed by atoms with Crippen LogP contribution in [0.4, 0.5) is 0 Å². The van der Waals surface area contributed by atoms with Gasteiger partial charge in [-0.3, -0.25) is 4.79 Å². The van der Waals surface area contributed by atoms with Crippen molar-refractivity contribution in [3.05, 3.63) is 29.3 Å². The quantitative estimate of drug-likeness (QED) is 0.904. The number of aryl methyl sites for hydroxylation is 2. The summed E-state index contributed by atoms with van der Waals surface area (Å²) in [6.45, 7) is 2.87. The predicted molar refractivity (Wildman–Crippen MR) is 80.4 cm³/mol. The van der Waals surface area contributed by atoms with Crippen LogP contribution in [0.2, 0.25) is 0 Å². The first-order valence-electron chi connectivity index (χ1n) is 7.72. The summed E-state index contributed by atoms with van der Waals surface area (Å²) < 4.78 is 10.9. The number of benzene rings is 1. The zero-order valence-electron chi connectivity index (χ0n) is 12.7. The molecule has 2 fully saturated rings. The van der Waals surface area contributed by atoms with Crippen molar-refractivity contribution in [2.75, 3.05) is 13.7 Å². The Balaban J connectivity index is 1.47. The van der Waals surface area contributed by atoms with Gasteiger partial charge in [0.2, 0.25) is 5.91 Å². The lowest BCUT2D eigenvalue weighted by Crippen LogP contribution is -2.53. The molecule has 1 amide bonds. The van der Waals surface area contributed by atoms with Gasteiger partial charge in [-0.25, -0.2) is 0 Å². The predicted octanol–water partition coefficient (Wildman–Crippen LogP) is 2.23. The lowest BCUT2D eigenvalue weighted by Gasteiger charge is -2.39. The molecule has 21 heavy (non-hydrogen) atoms. The average Bonchev–Trinajstić information content (AvgIpc) is 2.85. The molecule has 2 aliphatic rings. The van der Waals surface area contributed by atoms with Crippen LogP contribution >= 0.6 is 0 Å². The Morgan fingerprint density at radius 1 is 1.48 bits per heavy atom. The Morgan fingerprint density at radius 2 is 2.33 bits per heavy atom. The van der Waals surface area contributed by atoms with Crippen molar-refractivity contribution >= 4 is 5.91 Å². The third-order valence-electron chi connectivity index (χ3n) is 4.72. The molecule has 0 radical (unpaired) electrons. The van der Waals surface area contributed by atoms with Crippen LogP contribution < -0.4 is 10.1 Å². The van der Waals surface area contributed by atoms with Gasteiger partial charge >= 0.3 is 0 Å². The number of rotatable bonds is 5. The number of ether oxygens (including phenoxy) is 2. The Hall–Kier alpha value is -1.55. The number of amides is 1. The van der Waals surface area contributed by atoms with E-state index >= 15 is 0 Å². The van der Waals surface area contributed by atoms with Gasteiger partial charge < -0.3 is 14.8 Å². The number of fused-ring (bicyclic) bond motifs is 1. The van der Waals surface area contributed by atoms with E-state index in [2.05, 4.69) is 11.4 Å². The minimum absolute atomic E-state index is 0.143. The second-order valence-corrected chi connectivity index (χ2v) is 6.08. The van der Waals surface area contributed by atoms with Crippen LogP contribution in [-0.4, -0.2) is 31.8 Å². The molecule has 4 nitrogen and oxygen atoms in total. The molecular weight excluding hydrogens is 266 g/mol. The highest BCUT2D eigenvalue weighted by Gasteiger charge is 2.45. The summed E-state index contributed by atoms with van der Waals surface area (Å²) in [7, 11) is 1.68. The summed E-state index contributed by atoms with van der Waals surface area (Å²) in [6, 6.07) is 6.46. The molecule has 1 heterocycles. The largest absolute Gasteiger partial charge is 0.496 e. The molecule has 114 valence electrons. The van der Waals surface area contributed by atoms with Crippen molar-refractivity contribution in [3.8, 4) is 5.75 Å². The van der Waals surface area contributed by atoms with Gasteiger partial charge in [0, 0.05) is 25.0 Å². The summed E-state index contributed by atoms with van der Waals surface area (Å²) >= 11 is 0. The summed E-state index contributed by atoms with van der Waals surface area (Å²) in [5.41, 5.74) is 2.26. The van der Waals surface area contributed by atoms with E-state index in [1.165, 1.54) is 0 Å². The molecule has 1 N–H and O–H groups in total. The molecule has 1 saturated carbocycles. The lowest BCUT2D eigenvalue weighted by molar-refractivity contribution is -0.124. The monoisotopic (exact) mass is 289 g/mol. The second-order valence-electron chi connectivity index (χ2n) is 6.08. The van der Waals surface area contributed by atoms with Gasteiger partial charge in [-0.1, -0.05) is 12.1 Å². The van der Waals surface area contributed by atoms with Gasteiger partial charge in [0.15, 0.2) is 0 Å². The molecule has 1 aromatic rings. The molecule has 0 aromatic heterocycles. The molecule has 3 atom stereocenters. The van der Waals surface area contributed by atoms with Crippen molar-refractivity contribution in [1.82, 2.24) is 5.32 Å². The maximum Gasteiger partial charge on any atom is 0.220 e. The summed E-state index contributed by atoms with van der Waals surface area (Å²) in [6.07, 6.45) is 3.75. The van der Waals surface area contributed by atoms with Gasteiger partial charge in [0.05, 0.1) is 13.2 Å². The highest BCUT2D eigenvalue weighted by atomic mass is 16.5. The number of nitrogens with one attached hydrogen (secondary N) is 1. The van der Waals surface area contributed by atoms with Crippen LogP contribution in [0.15, 0.2) is 18.2 Å². The maximum atomic E-state index is 12.0. The topological polar surface area (TPSA) is 47.6 Å². The third-order valence-corrected chi connectivity index (χ3v) is 4.72. The molecule has 0 bridgehead atoms. The van der Waals surface area contributed by atoms with Crippen molar-refractivity contribution in [3.63, 3.8) is 0 Å². The normalized spacial score (nSPS) is 26.9. The van der Waals surface area contributed by atoms with E-state index in [4.69, 9.17) is 9.47 Å². The van der Waals surface area contributed by atoms with Crippen LogP contribution in [0, 0.1) is 12.8 Å². The van der Waals surface area contributed by atoms with E-state index in [9.17, 15) is 4.79 Å². The maximum absolute atomic E-state index is 12.0. The van der Waals surface area contributed by atoms with E-state index < -0.39 is 0 Å². The van der Waals surface area contributed by atoms with Gasteiger partial charge in [0.25, 0.3) is 0 Å². The number of carbonyl (C=O) groups excluding carboxylic acids is 1. The average molecular weight is 289 g/mol. The Kier molecular flexibility index (Phi) is 4.15. The number of carbonyl (C=O) groups is 1. The van der Waals surface area contributed by atoms with E-state index in [-0.39, 0.29) is 5.91 Å². The fourth-order valence-corrected chi connectivity index (χ4v) is 3.32. The molecule has 1 aliphatic carbocycles. The molecule has 1 aliphatic heterocycles. The minimum atomic E-state index is 0.143. The van der Waals surface area contributed by atoms with Crippen molar-refractivity contribution in [1.29, 1.82) is 0 Å². The Labute approximate surface area is 125 Å². The number of hydrogen-bond donors (Lipinski definition) is 1. The van der Waals surface area contributed by atoms with E-state index in [0.29, 0.717) is 24.5 Å². The molecule has 1 saturated heterocycles. The third kappa shape index (κ3) is 3.05. The smallest absolute Gasteiger partial charge is 0.220 e. The molecule has 1 aromatic carbocycles. The zero-order chi connectivity index (χ0) is 14.8. The zero-order valence-corrected chi connectivity index (χ0v) is 12.7. The van der Waals surface area contributed by atoms with Crippen LogP contribution in [0.3, 0.4) is 0 Å². The lowest BCUT2D eigenvalue weighted by atomic mass is 9.76. The van der Waals surface area contributed by atoms with E-state index in [0.717, 1.165) is 42.7 Å². The molecule has 0 unspecified atom stereocenters. The highest BCUT2D eigenvalue weighted by Crippen LogP contribution is 2.38. The van der Waals surface area contributed by atoms with Gasteiger partial charge in [-0.15, -0.1) is 0 Å². The standard InChI is InChI=1S/C17H23NO3/c1-11-3-4-12(9-15(11)20-2)5-6-17(19)18-14-10-16-13(14)7-8-21-16/h3-4,9,13-14,16H,5-8,10H2,1-2H3,(H,18,19)/t13-,14-,16+/m1/s1. The first-order chi connectivity index (χ1) is 10.2.